The van der Waals surface area contributed by atoms with Crippen molar-refractivity contribution in [3.63, 3.8) is 0 Å². The predicted molar refractivity (Wildman–Crippen MR) is 61.5 cm³/mol. The molecule has 1 fully saturated rings. The molecular formula is C12H18N2O2. The van der Waals surface area contributed by atoms with E-state index in [9.17, 15) is 4.79 Å². The van der Waals surface area contributed by atoms with Gasteiger partial charge in [0.15, 0.2) is 0 Å². The molecule has 4 heteroatoms. The van der Waals surface area contributed by atoms with Gasteiger partial charge < -0.3 is 9.72 Å². The lowest BCUT2D eigenvalue weighted by Crippen LogP contribution is -2.31. The van der Waals surface area contributed by atoms with Gasteiger partial charge in [-0.1, -0.05) is 0 Å². The molecule has 0 unspecified atom stereocenters. The van der Waals surface area contributed by atoms with Crippen LogP contribution < -0.4 is 5.56 Å². The van der Waals surface area contributed by atoms with Crippen molar-refractivity contribution in [2.24, 2.45) is 0 Å². The fourth-order valence-corrected chi connectivity index (χ4v) is 2.34. The van der Waals surface area contributed by atoms with Crippen LogP contribution in [0.2, 0.25) is 0 Å². The number of H-pyrrole nitrogens is 1. The molecule has 2 rings (SSSR count). The molecule has 0 atom stereocenters. The van der Waals surface area contributed by atoms with Gasteiger partial charge in [0.05, 0.1) is 0 Å². The Labute approximate surface area is 95.1 Å². The molecule has 1 aromatic heterocycles. The number of ether oxygens (including phenoxy) is 1. The van der Waals surface area contributed by atoms with E-state index in [0.717, 1.165) is 31.4 Å². The zero-order valence-electron chi connectivity index (χ0n) is 10.1. The maximum Gasteiger partial charge on any atom is 0.254 e. The number of nitrogens with zero attached hydrogens (tertiary/aromatic N) is 1. The Kier molecular flexibility index (Phi) is 2.84. The van der Waals surface area contributed by atoms with Gasteiger partial charge in [0.2, 0.25) is 0 Å². The lowest BCUT2D eigenvalue weighted by molar-refractivity contribution is -0.0166. The molecule has 1 heterocycles. The summed E-state index contributed by atoms with van der Waals surface area (Å²) in [6.45, 7) is 3.66. The highest BCUT2D eigenvalue weighted by atomic mass is 16.5. The lowest BCUT2D eigenvalue weighted by atomic mass is 10.0. The van der Waals surface area contributed by atoms with Gasteiger partial charge in [-0.05, 0) is 39.5 Å². The van der Waals surface area contributed by atoms with Crippen molar-refractivity contribution >= 4 is 0 Å². The molecule has 0 aromatic carbocycles. The van der Waals surface area contributed by atoms with Crippen LogP contribution in [0.4, 0.5) is 0 Å². The quantitative estimate of drug-likeness (QED) is 0.830. The summed E-state index contributed by atoms with van der Waals surface area (Å²) in [5, 5.41) is 0. The normalized spacial score (nSPS) is 18.9. The van der Waals surface area contributed by atoms with Gasteiger partial charge in [-0.15, -0.1) is 0 Å². The summed E-state index contributed by atoms with van der Waals surface area (Å²) in [5.41, 5.74) is 1.07. The summed E-state index contributed by atoms with van der Waals surface area (Å²) in [5.74, 6) is 0.695. The molecule has 1 saturated carbocycles. The SMILES string of the molecule is COC1(c2nc(C)c(C)c(=O)[nH]2)CCCC1. The Balaban J connectivity index is 2.51. The van der Waals surface area contributed by atoms with Gasteiger partial charge in [-0.2, -0.15) is 0 Å². The average Bonchev–Trinajstić information content (AvgIpc) is 2.75. The van der Waals surface area contributed by atoms with E-state index in [1.54, 1.807) is 14.0 Å². The van der Waals surface area contributed by atoms with Crippen LogP contribution in [-0.4, -0.2) is 17.1 Å². The van der Waals surface area contributed by atoms with Crippen LogP contribution in [0.1, 0.15) is 42.8 Å². The summed E-state index contributed by atoms with van der Waals surface area (Å²) < 4.78 is 5.60. The Bertz CT molecular complexity index is 445. The first-order valence-electron chi connectivity index (χ1n) is 5.72. The van der Waals surface area contributed by atoms with E-state index < -0.39 is 0 Å². The zero-order chi connectivity index (χ0) is 11.8. The van der Waals surface area contributed by atoms with E-state index in [-0.39, 0.29) is 11.2 Å². The molecular weight excluding hydrogens is 204 g/mol. The van der Waals surface area contributed by atoms with Crippen LogP contribution in [0.25, 0.3) is 0 Å². The molecule has 1 aliphatic carbocycles. The molecule has 16 heavy (non-hydrogen) atoms. The van der Waals surface area contributed by atoms with E-state index in [0.29, 0.717) is 11.4 Å². The average molecular weight is 222 g/mol. The van der Waals surface area contributed by atoms with Crippen molar-refractivity contribution in [2.75, 3.05) is 7.11 Å². The van der Waals surface area contributed by atoms with E-state index >= 15 is 0 Å². The maximum absolute atomic E-state index is 11.7. The first-order valence-corrected chi connectivity index (χ1v) is 5.72. The Morgan fingerprint density at radius 3 is 2.44 bits per heavy atom. The Hall–Kier alpha value is -1.16. The minimum Gasteiger partial charge on any atom is -0.370 e. The van der Waals surface area contributed by atoms with Gasteiger partial charge in [-0.3, -0.25) is 4.79 Å². The van der Waals surface area contributed by atoms with E-state index in [2.05, 4.69) is 9.97 Å². The topological polar surface area (TPSA) is 55.0 Å². The third-order valence-corrected chi connectivity index (χ3v) is 3.63. The first-order chi connectivity index (χ1) is 7.59. The zero-order valence-corrected chi connectivity index (χ0v) is 10.1. The van der Waals surface area contributed by atoms with Gasteiger partial charge in [0.1, 0.15) is 11.4 Å². The van der Waals surface area contributed by atoms with Crippen molar-refractivity contribution in [3.05, 3.63) is 27.4 Å². The summed E-state index contributed by atoms with van der Waals surface area (Å²) in [6, 6.07) is 0. The number of hydrogen-bond donors (Lipinski definition) is 1. The van der Waals surface area contributed by atoms with Crippen LogP contribution in [0.5, 0.6) is 0 Å². The van der Waals surface area contributed by atoms with Gasteiger partial charge in [-0.25, -0.2) is 4.98 Å². The maximum atomic E-state index is 11.7. The molecule has 0 spiro atoms. The van der Waals surface area contributed by atoms with Crippen molar-refractivity contribution in [2.45, 2.75) is 45.1 Å². The van der Waals surface area contributed by atoms with Crippen molar-refractivity contribution in [3.8, 4) is 0 Å². The number of rotatable bonds is 2. The second-order valence-electron chi connectivity index (χ2n) is 4.53. The molecule has 1 aromatic rings. The molecule has 0 aliphatic heterocycles. The fourth-order valence-electron chi connectivity index (χ4n) is 2.34. The highest BCUT2D eigenvalue weighted by Gasteiger charge is 2.38. The molecule has 1 aliphatic rings. The molecule has 4 nitrogen and oxygen atoms in total. The van der Waals surface area contributed by atoms with Crippen molar-refractivity contribution < 1.29 is 4.74 Å². The molecule has 88 valence electrons. The van der Waals surface area contributed by atoms with Crippen LogP contribution in [0, 0.1) is 13.8 Å². The standard InChI is InChI=1S/C12H18N2O2/c1-8-9(2)13-11(14-10(8)15)12(16-3)6-4-5-7-12/h4-7H2,1-3H3,(H,13,14,15). The van der Waals surface area contributed by atoms with E-state index in [1.165, 1.54) is 0 Å². The Morgan fingerprint density at radius 2 is 1.94 bits per heavy atom. The largest absolute Gasteiger partial charge is 0.370 e. The summed E-state index contributed by atoms with van der Waals surface area (Å²) in [7, 11) is 1.69. The van der Waals surface area contributed by atoms with Gasteiger partial charge in [0.25, 0.3) is 5.56 Å². The number of aromatic nitrogens is 2. The summed E-state index contributed by atoms with van der Waals surface area (Å²) in [4.78, 5) is 19.1. The molecule has 1 N–H and O–H groups in total. The fraction of sp³-hybridized carbons (Fsp3) is 0.667. The first kappa shape index (κ1) is 11.3. The second-order valence-corrected chi connectivity index (χ2v) is 4.53. The monoisotopic (exact) mass is 222 g/mol. The van der Waals surface area contributed by atoms with Crippen molar-refractivity contribution in [1.29, 1.82) is 0 Å². The van der Waals surface area contributed by atoms with Crippen molar-refractivity contribution in [1.82, 2.24) is 9.97 Å². The highest BCUT2D eigenvalue weighted by Crippen LogP contribution is 2.39. The van der Waals surface area contributed by atoms with Crippen LogP contribution in [-0.2, 0) is 10.3 Å². The lowest BCUT2D eigenvalue weighted by Gasteiger charge is -2.26. The number of methoxy groups -OCH3 is 1. The minimum atomic E-state index is -0.363. The predicted octanol–water partition coefficient (Wildman–Crippen LogP) is 1.80. The highest BCUT2D eigenvalue weighted by molar-refractivity contribution is 5.17. The smallest absolute Gasteiger partial charge is 0.254 e. The molecule has 0 bridgehead atoms. The van der Waals surface area contributed by atoms with Crippen LogP contribution >= 0.6 is 0 Å². The third-order valence-electron chi connectivity index (χ3n) is 3.63. The van der Waals surface area contributed by atoms with Crippen LogP contribution in [0.15, 0.2) is 4.79 Å². The number of hydrogen-bond acceptors (Lipinski definition) is 3. The van der Waals surface area contributed by atoms with E-state index in [4.69, 9.17) is 4.74 Å². The second kappa shape index (κ2) is 4.01. The van der Waals surface area contributed by atoms with Gasteiger partial charge >= 0.3 is 0 Å². The number of aryl methyl sites for hydroxylation is 1. The summed E-state index contributed by atoms with van der Waals surface area (Å²) >= 11 is 0. The molecule has 0 amide bonds. The molecule has 0 saturated heterocycles. The number of aromatic amines is 1. The summed E-state index contributed by atoms with van der Waals surface area (Å²) in [6.07, 6.45) is 4.14. The van der Waals surface area contributed by atoms with Crippen LogP contribution in [0.3, 0.4) is 0 Å². The van der Waals surface area contributed by atoms with Gasteiger partial charge in [0, 0.05) is 18.4 Å². The Morgan fingerprint density at radius 1 is 1.31 bits per heavy atom. The minimum absolute atomic E-state index is 0.0502. The van der Waals surface area contributed by atoms with E-state index in [1.807, 2.05) is 6.92 Å². The number of nitrogens with one attached hydrogen (secondary N) is 1. The molecule has 0 radical (unpaired) electrons. The third kappa shape index (κ3) is 1.67.